The summed E-state index contributed by atoms with van der Waals surface area (Å²) in [5, 5.41) is 2.65. The molecule has 1 atom stereocenters. The highest BCUT2D eigenvalue weighted by molar-refractivity contribution is 5.75. The number of aromatic nitrogens is 4. The minimum absolute atomic E-state index is 0.0304. The second-order valence-corrected chi connectivity index (χ2v) is 6.37. The van der Waals surface area contributed by atoms with Crippen LogP contribution in [0.25, 0.3) is 0 Å². The highest BCUT2D eigenvalue weighted by Crippen LogP contribution is 2.26. The van der Waals surface area contributed by atoms with Gasteiger partial charge in [-0.15, -0.1) is 0 Å². The average Bonchev–Trinajstić information content (AvgIpc) is 2.66. The molecule has 3 heterocycles. The summed E-state index contributed by atoms with van der Waals surface area (Å²) in [5.41, 5.74) is 1.88. The monoisotopic (exact) mass is 340 g/mol. The molecule has 1 aliphatic rings. The van der Waals surface area contributed by atoms with Crippen molar-refractivity contribution in [1.82, 2.24) is 25.3 Å². The Labute approximate surface area is 147 Å². The summed E-state index contributed by atoms with van der Waals surface area (Å²) in [7, 11) is 1.65. The smallest absolute Gasteiger partial charge is 0.225 e. The van der Waals surface area contributed by atoms with E-state index in [9.17, 15) is 4.79 Å². The topological polar surface area (TPSA) is 83.9 Å². The van der Waals surface area contributed by atoms with E-state index in [1.54, 1.807) is 19.4 Å². The van der Waals surface area contributed by atoms with Crippen LogP contribution >= 0.6 is 0 Å². The van der Waals surface area contributed by atoms with Crippen molar-refractivity contribution in [2.45, 2.75) is 38.5 Å². The average molecular weight is 340 g/mol. The first-order valence-corrected chi connectivity index (χ1v) is 8.72. The van der Waals surface area contributed by atoms with E-state index >= 15 is 0 Å². The van der Waals surface area contributed by atoms with Crippen molar-refractivity contribution in [3.63, 3.8) is 0 Å². The van der Waals surface area contributed by atoms with E-state index in [1.165, 1.54) is 0 Å². The molecular weight excluding hydrogens is 316 g/mol. The Morgan fingerprint density at radius 2 is 2.12 bits per heavy atom. The number of aryl methyl sites for hydroxylation is 2. The lowest BCUT2D eigenvalue weighted by molar-refractivity contribution is -0.120. The van der Waals surface area contributed by atoms with Crippen LogP contribution in [0.15, 0.2) is 24.5 Å². The van der Waals surface area contributed by atoms with Gasteiger partial charge in [0.05, 0.1) is 0 Å². The summed E-state index contributed by atoms with van der Waals surface area (Å²) < 4.78 is 0. The van der Waals surface area contributed by atoms with Crippen LogP contribution in [0, 0.1) is 6.92 Å². The minimum Gasteiger partial charge on any atom is -0.359 e. The van der Waals surface area contributed by atoms with Crippen molar-refractivity contribution >= 4 is 11.9 Å². The first kappa shape index (κ1) is 17.3. The third-order valence-corrected chi connectivity index (χ3v) is 4.43. The predicted octanol–water partition coefficient (Wildman–Crippen LogP) is 1.64. The van der Waals surface area contributed by atoms with Gasteiger partial charge in [0.2, 0.25) is 11.9 Å². The van der Waals surface area contributed by atoms with Gasteiger partial charge in [0.25, 0.3) is 0 Å². The van der Waals surface area contributed by atoms with Crippen LogP contribution < -0.4 is 10.2 Å². The van der Waals surface area contributed by atoms with E-state index in [4.69, 9.17) is 4.98 Å². The molecule has 0 aliphatic carbocycles. The van der Waals surface area contributed by atoms with Crippen molar-refractivity contribution < 1.29 is 4.79 Å². The minimum atomic E-state index is 0.0304. The molecule has 7 nitrogen and oxygen atoms in total. The Hall–Kier alpha value is -2.57. The first-order chi connectivity index (χ1) is 12.2. The highest BCUT2D eigenvalue weighted by Gasteiger charge is 2.25. The van der Waals surface area contributed by atoms with Crippen molar-refractivity contribution in [2.24, 2.45) is 0 Å². The molecule has 0 unspecified atom stereocenters. The molecule has 0 aromatic carbocycles. The maximum Gasteiger partial charge on any atom is 0.225 e. The third kappa shape index (κ3) is 4.49. The second kappa shape index (κ2) is 8.00. The van der Waals surface area contributed by atoms with Gasteiger partial charge in [0.15, 0.2) is 0 Å². The summed E-state index contributed by atoms with van der Waals surface area (Å²) in [6.45, 7) is 3.76. The molecule has 0 spiro atoms. The van der Waals surface area contributed by atoms with Crippen molar-refractivity contribution in [1.29, 1.82) is 0 Å². The summed E-state index contributed by atoms with van der Waals surface area (Å²) in [4.78, 5) is 31.8. The van der Waals surface area contributed by atoms with E-state index in [2.05, 4.69) is 25.2 Å². The van der Waals surface area contributed by atoms with E-state index < -0.39 is 0 Å². The van der Waals surface area contributed by atoms with Crippen molar-refractivity contribution in [3.05, 3.63) is 41.7 Å². The molecule has 7 heteroatoms. The van der Waals surface area contributed by atoms with Gasteiger partial charge in [-0.2, -0.15) is 0 Å². The highest BCUT2D eigenvalue weighted by atomic mass is 16.1. The number of nitrogens with one attached hydrogen (secondary N) is 1. The molecule has 1 saturated heterocycles. The number of carbonyl (C=O) groups is 1. The number of hydrogen-bond acceptors (Lipinski definition) is 6. The fraction of sp³-hybridized carbons (Fsp3) is 0.500. The third-order valence-electron chi connectivity index (χ3n) is 4.43. The standard InChI is InChI=1S/C18H24N6O/c1-13-11-15(6-7-16(25)19-2)23-17(22-13)14-5-3-10-24(12-14)18-20-8-4-9-21-18/h4,8-9,11,14H,3,5-7,10,12H2,1-2H3,(H,19,25)/t14-/m1/s1. The Kier molecular flexibility index (Phi) is 5.53. The van der Waals surface area contributed by atoms with Gasteiger partial charge >= 0.3 is 0 Å². The number of nitrogens with zero attached hydrogens (tertiary/aromatic N) is 5. The SMILES string of the molecule is CNC(=O)CCc1cc(C)nc([C@@H]2CCCN(c3ncccn3)C2)n1. The lowest BCUT2D eigenvalue weighted by Gasteiger charge is -2.32. The molecule has 25 heavy (non-hydrogen) atoms. The molecule has 1 N–H and O–H groups in total. The van der Waals surface area contributed by atoms with E-state index in [0.717, 1.165) is 49.1 Å². The number of hydrogen-bond donors (Lipinski definition) is 1. The molecular formula is C18H24N6O. The Morgan fingerprint density at radius 3 is 2.88 bits per heavy atom. The predicted molar refractivity (Wildman–Crippen MR) is 95.4 cm³/mol. The fourth-order valence-corrected chi connectivity index (χ4v) is 3.16. The number of rotatable bonds is 5. The van der Waals surface area contributed by atoms with Gasteiger partial charge in [0, 0.05) is 56.3 Å². The van der Waals surface area contributed by atoms with Crippen LogP contribution in [0.2, 0.25) is 0 Å². The molecule has 1 aliphatic heterocycles. The quantitative estimate of drug-likeness (QED) is 0.891. The second-order valence-electron chi connectivity index (χ2n) is 6.37. The van der Waals surface area contributed by atoms with Crippen LogP contribution in [-0.4, -0.2) is 46.0 Å². The lowest BCUT2D eigenvalue weighted by atomic mass is 9.97. The van der Waals surface area contributed by atoms with Crippen LogP contribution in [0.5, 0.6) is 0 Å². The largest absolute Gasteiger partial charge is 0.359 e. The maximum absolute atomic E-state index is 11.5. The molecule has 2 aromatic heterocycles. The zero-order valence-electron chi connectivity index (χ0n) is 14.8. The fourth-order valence-electron chi connectivity index (χ4n) is 3.16. The van der Waals surface area contributed by atoms with Crippen LogP contribution in [-0.2, 0) is 11.2 Å². The summed E-state index contributed by atoms with van der Waals surface area (Å²) in [6, 6.07) is 3.79. The molecule has 132 valence electrons. The molecule has 3 rings (SSSR count). The number of anilines is 1. The van der Waals surface area contributed by atoms with Gasteiger partial charge in [-0.05, 0) is 38.3 Å². The number of piperidine rings is 1. The molecule has 1 fully saturated rings. The molecule has 0 saturated carbocycles. The van der Waals surface area contributed by atoms with Crippen LogP contribution in [0.3, 0.4) is 0 Å². The maximum atomic E-state index is 11.5. The number of carbonyl (C=O) groups excluding carboxylic acids is 1. The lowest BCUT2D eigenvalue weighted by Crippen LogP contribution is -2.36. The zero-order chi connectivity index (χ0) is 17.6. The van der Waals surface area contributed by atoms with Crippen LogP contribution in [0.1, 0.15) is 42.4 Å². The Bertz CT molecular complexity index is 721. The zero-order valence-corrected chi connectivity index (χ0v) is 14.8. The summed E-state index contributed by atoms with van der Waals surface area (Å²) in [6.07, 6.45) is 6.74. The summed E-state index contributed by atoms with van der Waals surface area (Å²) >= 11 is 0. The first-order valence-electron chi connectivity index (χ1n) is 8.72. The molecule has 2 aromatic rings. The summed E-state index contributed by atoms with van der Waals surface area (Å²) in [5.74, 6) is 1.92. The Morgan fingerprint density at radius 1 is 1.32 bits per heavy atom. The molecule has 1 amide bonds. The van der Waals surface area contributed by atoms with Gasteiger partial charge in [-0.3, -0.25) is 4.79 Å². The van der Waals surface area contributed by atoms with Crippen LogP contribution in [0.4, 0.5) is 5.95 Å². The normalized spacial score (nSPS) is 17.4. The number of amides is 1. The van der Waals surface area contributed by atoms with Gasteiger partial charge < -0.3 is 10.2 Å². The van der Waals surface area contributed by atoms with E-state index in [0.29, 0.717) is 12.8 Å². The van der Waals surface area contributed by atoms with E-state index in [-0.39, 0.29) is 11.8 Å². The molecule has 0 bridgehead atoms. The van der Waals surface area contributed by atoms with Gasteiger partial charge in [-0.25, -0.2) is 19.9 Å². The van der Waals surface area contributed by atoms with E-state index in [1.807, 2.05) is 19.1 Å². The van der Waals surface area contributed by atoms with Crippen molar-refractivity contribution in [2.75, 3.05) is 25.0 Å². The van der Waals surface area contributed by atoms with Gasteiger partial charge in [0.1, 0.15) is 5.82 Å². The Balaban J connectivity index is 1.74. The van der Waals surface area contributed by atoms with Crippen molar-refractivity contribution in [3.8, 4) is 0 Å². The van der Waals surface area contributed by atoms with Gasteiger partial charge in [-0.1, -0.05) is 0 Å². The molecule has 0 radical (unpaired) electrons.